The van der Waals surface area contributed by atoms with Gasteiger partial charge >= 0.3 is 5.97 Å². The molecule has 6 bridgehead atoms. The van der Waals surface area contributed by atoms with Gasteiger partial charge in [0.2, 0.25) is 0 Å². The molecular weight excluding hydrogens is 614 g/mol. The van der Waals surface area contributed by atoms with Gasteiger partial charge in [-0.3, -0.25) is 0 Å². The summed E-state index contributed by atoms with van der Waals surface area (Å²) in [6.45, 7) is 14.5. The van der Waals surface area contributed by atoms with Crippen molar-refractivity contribution in [2.45, 2.75) is 84.5 Å². The molecule has 0 radical (unpaired) electrons. The van der Waals surface area contributed by atoms with Crippen LogP contribution < -0.4 is 9.64 Å². The molecule has 47 heavy (non-hydrogen) atoms. The minimum absolute atomic E-state index is 0.246. The summed E-state index contributed by atoms with van der Waals surface area (Å²) in [6, 6.07) is 10.1. The van der Waals surface area contributed by atoms with Gasteiger partial charge in [0.15, 0.2) is 11.8 Å². The van der Waals surface area contributed by atoms with Crippen molar-refractivity contribution in [3.8, 4) is 16.5 Å². The van der Waals surface area contributed by atoms with E-state index in [1.54, 1.807) is 18.3 Å². The van der Waals surface area contributed by atoms with Crippen LogP contribution in [0.25, 0.3) is 16.3 Å². The van der Waals surface area contributed by atoms with E-state index in [9.17, 15) is 4.79 Å². The van der Waals surface area contributed by atoms with Gasteiger partial charge in [0.05, 0.1) is 36.6 Å². The van der Waals surface area contributed by atoms with Crippen LogP contribution in [0.2, 0.25) is 0 Å². The lowest BCUT2D eigenvalue weighted by molar-refractivity contribution is -0.166. The van der Waals surface area contributed by atoms with Gasteiger partial charge < -0.3 is 23.8 Å². The van der Waals surface area contributed by atoms with E-state index < -0.39 is 17.7 Å². The number of anilines is 1. The molecule has 10 nitrogen and oxygen atoms in total. The molecular formula is C36H45N5O5S. The lowest BCUT2D eigenvalue weighted by Crippen LogP contribution is -2.45. The molecule has 1 saturated heterocycles. The van der Waals surface area contributed by atoms with E-state index in [2.05, 4.69) is 30.0 Å². The minimum Gasteiger partial charge on any atom is -0.493 e. The molecule has 3 aliphatic heterocycles. The zero-order valence-electron chi connectivity index (χ0n) is 28.2. The molecule has 1 aromatic carbocycles. The normalized spacial score (nSPS) is 17.6. The number of benzene rings is 1. The van der Waals surface area contributed by atoms with Crippen molar-refractivity contribution < 1.29 is 23.7 Å². The lowest BCUT2D eigenvalue weighted by atomic mass is 9.92. The van der Waals surface area contributed by atoms with Gasteiger partial charge in [0, 0.05) is 42.3 Å². The number of esters is 1. The maximum Gasteiger partial charge on any atom is 0.340 e. The molecule has 6 heterocycles. The Bertz CT molecular complexity index is 1750. The number of hydrogen-bond acceptors (Lipinski definition) is 10. The number of thiazole rings is 1. The first kappa shape index (κ1) is 33.1. The quantitative estimate of drug-likeness (QED) is 0.171. The maximum absolute atomic E-state index is 13.6. The van der Waals surface area contributed by atoms with Crippen LogP contribution in [-0.2, 0) is 25.4 Å². The summed E-state index contributed by atoms with van der Waals surface area (Å²) < 4.78 is 26.5. The average molecular weight is 660 g/mol. The van der Waals surface area contributed by atoms with E-state index in [-0.39, 0.29) is 12.2 Å². The monoisotopic (exact) mass is 659 g/mol. The number of nitrogens with zero attached hydrogens (tertiary/aromatic N) is 5. The van der Waals surface area contributed by atoms with E-state index in [0.717, 1.165) is 52.0 Å². The molecule has 0 aliphatic carbocycles. The zero-order valence-corrected chi connectivity index (χ0v) is 29.1. The fourth-order valence-corrected chi connectivity index (χ4v) is 7.01. The van der Waals surface area contributed by atoms with Crippen LogP contribution in [-0.4, -0.2) is 69.7 Å². The number of fused-ring (bicyclic) bond motifs is 7. The highest BCUT2D eigenvalue weighted by atomic mass is 32.1. The molecule has 1 fully saturated rings. The van der Waals surface area contributed by atoms with Gasteiger partial charge in [-0.2, -0.15) is 9.61 Å². The number of para-hydroxylation sites is 1. The van der Waals surface area contributed by atoms with Crippen LogP contribution in [0.1, 0.15) is 81.7 Å². The third-order valence-electron chi connectivity index (χ3n) is 8.51. The minimum atomic E-state index is -0.979. The van der Waals surface area contributed by atoms with Crippen molar-refractivity contribution in [3.05, 3.63) is 70.4 Å². The van der Waals surface area contributed by atoms with Crippen molar-refractivity contribution in [3.63, 3.8) is 0 Å². The van der Waals surface area contributed by atoms with Gasteiger partial charge in [-0.05, 0) is 72.4 Å². The summed E-state index contributed by atoms with van der Waals surface area (Å²) in [5, 5.41) is 5.90. The number of aromatic nitrogens is 4. The highest BCUT2D eigenvalue weighted by Crippen LogP contribution is 2.39. The zero-order chi connectivity index (χ0) is 33.2. The van der Waals surface area contributed by atoms with Crippen LogP contribution in [0, 0.1) is 6.92 Å². The Morgan fingerprint density at radius 1 is 1.17 bits per heavy atom. The Balaban J connectivity index is 1.48. The summed E-state index contributed by atoms with van der Waals surface area (Å²) in [6.07, 6.45) is 8.26. The molecule has 250 valence electrons. The van der Waals surface area contributed by atoms with Gasteiger partial charge in [-0.15, -0.1) is 11.3 Å². The molecule has 1 unspecified atom stereocenters. The fraction of sp³-hybridized carbons (Fsp3) is 0.500. The average Bonchev–Trinajstić information content (AvgIpc) is 3.66. The van der Waals surface area contributed by atoms with Crippen molar-refractivity contribution in [1.29, 1.82) is 0 Å². The Kier molecular flexibility index (Phi) is 9.68. The van der Waals surface area contributed by atoms with E-state index in [0.29, 0.717) is 49.6 Å². The number of carbonyl (C=O) groups excluding carboxylic acids is 1. The number of aryl methyl sites for hydroxylation is 1. The van der Waals surface area contributed by atoms with Crippen molar-refractivity contribution in [2.75, 3.05) is 37.8 Å². The highest BCUT2D eigenvalue weighted by molar-refractivity contribution is 7.15. The van der Waals surface area contributed by atoms with Crippen molar-refractivity contribution in [1.82, 2.24) is 19.6 Å². The predicted octanol–water partition coefficient (Wildman–Crippen LogP) is 6.89. The molecule has 3 aliphatic rings. The molecule has 0 spiro atoms. The number of rotatable bonds is 4. The van der Waals surface area contributed by atoms with Crippen LogP contribution in [0.15, 0.2) is 48.7 Å². The molecule has 3 aromatic heterocycles. The number of carbonyl (C=O) groups is 1. The molecule has 4 aromatic rings. The van der Waals surface area contributed by atoms with E-state index >= 15 is 0 Å². The van der Waals surface area contributed by atoms with Crippen LogP contribution >= 0.6 is 11.3 Å². The van der Waals surface area contributed by atoms with Gasteiger partial charge in [0.1, 0.15) is 22.3 Å². The number of ether oxygens (including phenoxy) is 4. The molecule has 7 rings (SSSR count). The van der Waals surface area contributed by atoms with Crippen LogP contribution in [0.4, 0.5) is 5.82 Å². The first-order valence-corrected chi connectivity index (χ1v) is 17.3. The topological polar surface area (TPSA) is 100 Å². The SMILES string of the molecule is CCOC(=O)C(OC(C)(C)C)c1c(C)nc2cc3nn2c1N1CCC(C)(CC1)OCC=CCCOc1ccccc1Cc1cnc-3s1. The first-order valence-electron chi connectivity index (χ1n) is 16.5. The van der Waals surface area contributed by atoms with E-state index in [1.807, 2.05) is 62.7 Å². The fourth-order valence-electron chi connectivity index (χ4n) is 6.12. The number of piperidine rings is 1. The Labute approximate surface area is 280 Å². The van der Waals surface area contributed by atoms with Crippen LogP contribution in [0.3, 0.4) is 0 Å². The molecule has 0 saturated carbocycles. The summed E-state index contributed by atoms with van der Waals surface area (Å²) in [5.41, 5.74) is 2.98. The third kappa shape index (κ3) is 7.52. The smallest absolute Gasteiger partial charge is 0.340 e. The van der Waals surface area contributed by atoms with Gasteiger partial charge in [-0.25, -0.2) is 14.8 Å². The standard InChI is InChI=1S/C36H45N5O5S/c1-7-43-34(42)31(46-35(3,4)5)30-24(2)38-29-22-27-32-37-23-26(47-32)21-25-13-9-10-14-28(25)44-19-11-8-12-20-45-36(6)15-17-40(18-16-36)33(30)41(29)39-27/h8-10,12-14,22-23,31H,7,11,15-21H2,1-6H3. The summed E-state index contributed by atoms with van der Waals surface area (Å²) in [5.74, 6) is 1.23. The summed E-state index contributed by atoms with van der Waals surface area (Å²) in [4.78, 5) is 26.7. The second-order valence-electron chi connectivity index (χ2n) is 13.4. The van der Waals surface area contributed by atoms with Crippen molar-refractivity contribution >= 4 is 28.8 Å². The number of hydrogen-bond donors (Lipinski definition) is 0. The van der Waals surface area contributed by atoms with E-state index in [4.69, 9.17) is 34.0 Å². The lowest BCUT2D eigenvalue weighted by Gasteiger charge is -2.41. The largest absolute Gasteiger partial charge is 0.493 e. The highest BCUT2D eigenvalue weighted by Gasteiger charge is 2.38. The van der Waals surface area contributed by atoms with Crippen LogP contribution in [0.5, 0.6) is 5.75 Å². The van der Waals surface area contributed by atoms with Crippen molar-refractivity contribution in [2.24, 2.45) is 0 Å². The predicted molar refractivity (Wildman–Crippen MR) is 183 cm³/mol. The Hall–Kier alpha value is -3.80. The Morgan fingerprint density at radius 3 is 2.72 bits per heavy atom. The second kappa shape index (κ2) is 13.7. The molecule has 0 N–H and O–H groups in total. The van der Waals surface area contributed by atoms with E-state index in [1.165, 1.54) is 0 Å². The maximum atomic E-state index is 13.6. The van der Waals surface area contributed by atoms with Gasteiger partial charge in [-0.1, -0.05) is 30.4 Å². The second-order valence-corrected chi connectivity index (χ2v) is 14.5. The summed E-state index contributed by atoms with van der Waals surface area (Å²) >= 11 is 1.61. The first-order chi connectivity index (χ1) is 22.5. The molecule has 0 amide bonds. The van der Waals surface area contributed by atoms with Gasteiger partial charge in [0.25, 0.3) is 0 Å². The molecule has 1 atom stereocenters. The Morgan fingerprint density at radius 2 is 1.96 bits per heavy atom. The molecule has 11 heteroatoms. The third-order valence-corrected chi connectivity index (χ3v) is 9.53. The summed E-state index contributed by atoms with van der Waals surface area (Å²) in [7, 11) is 0.